The third-order valence-corrected chi connectivity index (χ3v) is 5.25. The number of piperidine rings is 1. The van der Waals surface area contributed by atoms with Crippen LogP contribution < -0.4 is 10.6 Å². The Hall–Kier alpha value is -2.49. The van der Waals surface area contributed by atoms with Crippen molar-refractivity contribution in [2.45, 2.75) is 57.7 Å². The van der Waals surface area contributed by atoms with Gasteiger partial charge < -0.3 is 15.7 Å². The minimum Gasteiger partial charge on any atom is -0.507 e. The highest BCUT2D eigenvalue weighted by molar-refractivity contribution is 5.85. The number of aromatic hydroxyl groups is 1. The summed E-state index contributed by atoms with van der Waals surface area (Å²) < 4.78 is 0. The van der Waals surface area contributed by atoms with Gasteiger partial charge in [-0.3, -0.25) is 0 Å². The fourth-order valence-electron chi connectivity index (χ4n) is 4.46. The number of phenolic OH excluding ortho intramolecular Hbond substituents is 1. The third-order valence-electron chi connectivity index (χ3n) is 5.25. The molecule has 1 aliphatic rings. The fraction of sp³-hybridized carbons (Fsp3) is 0.476. The number of nitrogens with one attached hydrogen (secondary N) is 2. The van der Waals surface area contributed by atoms with Crippen LogP contribution in [0.25, 0.3) is 22.5 Å². The number of phenols is 1. The van der Waals surface area contributed by atoms with Gasteiger partial charge >= 0.3 is 0 Å². The van der Waals surface area contributed by atoms with E-state index in [2.05, 4.69) is 63.7 Å². The molecule has 0 aliphatic carbocycles. The first-order valence-electron chi connectivity index (χ1n) is 10.1. The molecule has 4 rings (SSSR count). The number of anilines is 1. The maximum absolute atomic E-state index is 10.5. The molecule has 3 heterocycles. The highest BCUT2D eigenvalue weighted by atomic mass is 35.5. The lowest BCUT2D eigenvalue weighted by atomic mass is 9.80. The first-order chi connectivity index (χ1) is 14.1. The van der Waals surface area contributed by atoms with Crippen molar-refractivity contribution in [3.63, 3.8) is 0 Å². The second-order valence-corrected chi connectivity index (χ2v) is 9.26. The highest BCUT2D eigenvalue weighted by Gasteiger charge is 2.37. The van der Waals surface area contributed by atoms with Gasteiger partial charge in [0.2, 0.25) is 5.95 Å². The molecule has 2 aromatic heterocycles. The van der Waals surface area contributed by atoms with E-state index in [1.54, 1.807) is 31.6 Å². The summed E-state index contributed by atoms with van der Waals surface area (Å²) in [5.41, 5.74) is 2.61. The Morgan fingerprint density at radius 1 is 1.03 bits per heavy atom. The van der Waals surface area contributed by atoms with E-state index in [-0.39, 0.29) is 47.7 Å². The molecule has 1 aliphatic heterocycles. The largest absolute Gasteiger partial charge is 0.507 e. The average molecular weight is 481 g/mol. The molecule has 174 valence electrons. The van der Waals surface area contributed by atoms with Crippen molar-refractivity contribution in [1.82, 2.24) is 35.5 Å². The van der Waals surface area contributed by atoms with E-state index in [0.29, 0.717) is 22.9 Å². The number of aryl methyl sites for hydroxylation is 1. The van der Waals surface area contributed by atoms with Crippen LogP contribution in [0.1, 0.15) is 40.5 Å². The third kappa shape index (κ3) is 5.85. The molecule has 0 amide bonds. The number of nitrogens with zero attached hydrogens (tertiary/aromatic N) is 6. The van der Waals surface area contributed by atoms with Crippen molar-refractivity contribution in [2.75, 3.05) is 5.32 Å². The van der Waals surface area contributed by atoms with Gasteiger partial charge in [-0.25, -0.2) is 4.98 Å². The number of hydrogen-bond acceptors (Lipinski definition) is 8. The molecule has 3 aromatic rings. The normalized spacial score (nSPS) is 17.2. The lowest BCUT2D eigenvalue weighted by Crippen LogP contribution is -2.60. The Morgan fingerprint density at radius 3 is 2.25 bits per heavy atom. The number of aromatic nitrogens is 6. The molecule has 11 heteroatoms. The lowest BCUT2D eigenvalue weighted by molar-refractivity contribution is 0.170. The van der Waals surface area contributed by atoms with Crippen molar-refractivity contribution in [1.29, 1.82) is 0 Å². The van der Waals surface area contributed by atoms with Gasteiger partial charge in [0.1, 0.15) is 17.1 Å². The summed E-state index contributed by atoms with van der Waals surface area (Å²) in [5, 5.41) is 34.4. The molecule has 0 unspecified atom stereocenters. The van der Waals surface area contributed by atoms with Crippen LogP contribution >= 0.6 is 24.8 Å². The number of rotatable bonds is 4. The van der Waals surface area contributed by atoms with E-state index >= 15 is 0 Å². The molecule has 0 bridgehead atoms. The summed E-state index contributed by atoms with van der Waals surface area (Å²) >= 11 is 0. The summed E-state index contributed by atoms with van der Waals surface area (Å²) in [7, 11) is 1.75. The van der Waals surface area contributed by atoms with E-state index in [0.717, 1.165) is 18.4 Å². The monoisotopic (exact) mass is 480 g/mol. The molecule has 1 fully saturated rings. The zero-order valence-corrected chi connectivity index (χ0v) is 20.5. The van der Waals surface area contributed by atoms with Gasteiger partial charge in [0, 0.05) is 35.3 Å². The molecule has 1 aromatic carbocycles. The average Bonchev–Trinajstić information content (AvgIpc) is 3.06. The smallest absolute Gasteiger partial charge is 0.242 e. The SMILES string of the molecule is Cl.Cl.Cn1ncc(-c2ccc(-c3cnc(NC4CC(C)(C)NC(C)(C)C4)nn3)c(O)c2)n1. The Labute approximate surface area is 200 Å². The molecule has 0 saturated carbocycles. The van der Waals surface area contributed by atoms with Crippen LogP contribution in [0, 0.1) is 0 Å². The molecule has 0 atom stereocenters. The predicted molar refractivity (Wildman–Crippen MR) is 129 cm³/mol. The quantitative estimate of drug-likeness (QED) is 0.518. The van der Waals surface area contributed by atoms with Crippen LogP contribution in [0.2, 0.25) is 0 Å². The Balaban J connectivity index is 0.00000181. The van der Waals surface area contributed by atoms with Gasteiger partial charge in [0.05, 0.1) is 12.4 Å². The maximum atomic E-state index is 10.5. The van der Waals surface area contributed by atoms with Gasteiger partial charge in [0.15, 0.2) is 0 Å². The molecule has 3 N–H and O–H groups in total. The summed E-state index contributed by atoms with van der Waals surface area (Å²) in [6, 6.07) is 5.55. The van der Waals surface area contributed by atoms with Crippen LogP contribution in [0.4, 0.5) is 5.95 Å². The number of hydrogen-bond donors (Lipinski definition) is 3. The molecule has 9 nitrogen and oxygen atoms in total. The standard InChI is InChI=1S/C21H28N8O.2ClH/c1-20(2)9-14(10-21(3,4)28-20)24-19-22-11-17(25-26-19)15-7-6-13(8-18(15)30)16-12-23-29(5)27-16;;/h6-8,11-12,14,28,30H,9-10H2,1-5H3,(H,22,24,26);2*1H. The van der Waals surface area contributed by atoms with Gasteiger partial charge in [-0.05, 0) is 52.7 Å². The first-order valence-corrected chi connectivity index (χ1v) is 10.1. The molecule has 0 radical (unpaired) electrons. The van der Waals surface area contributed by atoms with Gasteiger partial charge in [-0.1, -0.05) is 6.07 Å². The summed E-state index contributed by atoms with van der Waals surface area (Å²) in [6.07, 6.45) is 5.21. The first kappa shape index (κ1) is 25.8. The van der Waals surface area contributed by atoms with Crippen LogP contribution in [-0.2, 0) is 7.05 Å². The summed E-state index contributed by atoms with van der Waals surface area (Å²) in [4.78, 5) is 5.91. The maximum Gasteiger partial charge on any atom is 0.242 e. The minimum absolute atomic E-state index is 0. The summed E-state index contributed by atoms with van der Waals surface area (Å²) in [5.74, 6) is 0.588. The van der Waals surface area contributed by atoms with Crippen molar-refractivity contribution < 1.29 is 5.11 Å². The zero-order valence-electron chi connectivity index (χ0n) is 18.8. The minimum atomic E-state index is 0. The van der Waals surface area contributed by atoms with Crippen LogP contribution in [0.3, 0.4) is 0 Å². The molecule has 1 saturated heterocycles. The Bertz CT molecular complexity index is 1040. The van der Waals surface area contributed by atoms with Crippen LogP contribution in [-0.4, -0.2) is 52.4 Å². The topological polar surface area (TPSA) is 114 Å². The number of benzene rings is 1. The van der Waals surface area contributed by atoms with Crippen LogP contribution in [0.15, 0.2) is 30.6 Å². The van der Waals surface area contributed by atoms with Crippen molar-refractivity contribution in [2.24, 2.45) is 7.05 Å². The van der Waals surface area contributed by atoms with Crippen molar-refractivity contribution in [3.05, 3.63) is 30.6 Å². The molecular formula is C21H30Cl2N8O. The van der Waals surface area contributed by atoms with E-state index in [9.17, 15) is 5.11 Å². The van der Waals surface area contributed by atoms with E-state index < -0.39 is 0 Å². The van der Waals surface area contributed by atoms with Crippen molar-refractivity contribution in [3.8, 4) is 28.3 Å². The van der Waals surface area contributed by atoms with E-state index in [1.807, 2.05) is 6.07 Å². The highest BCUT2D eigenvalue weighted by Crippen LogP contribution is 2.32. The zero-order chi connectivity index (χ0) is 21.5. The van der Waals surface area contributed by atoms with Crippen LogP contribution in [0.5, 0.6) is 5.75 Å². The summed E-state index contributed by atoms with van der Waals surface area (Å²) in [6.45, 7) is 8.83. The second-order valence-electron chi connectivity index (χ2n) is 9.26. The Kier molecular flexibility index (Phi) is 7.70. The van der Waals surface area contributed by atoms with Crippen molar-refractivity contribution >= 4 is 30.8 Å². The molecular weight excluding hydrogens is 451 g/mol. The van der Waals surface area contributed by atoms with E-state index in [4.69, 9.17) is 0 Å². The lowest BCUT2D eigenvalue weighted by Gasteiger charge is -2.46. The predicted octanol–water partition coefficient (Wildman–Crippen LogP) is 3.60. The fourth-order valence-corrected chi connectivity index (χ4v) is 4.46. The van der Waals surface area contributed by atoms with Gasteiger partial charge in [-0.15, -0.1) is 35.0 Å². The Morgan fingerprint density at radius 2 is 1.72 bits per heavy atom. The molecule has 32 heavy (non-hydrogen) atoms. The van der Waals surface area contributed by atoms with E-state index in [1.165, 1.54) is 4.80 Å². The molecule has 0 spiro atoms. The number of halogens is 2. The van der Waals surface area contributed by atoms with Gasteiger partial charge in [-0.2, -0.15) is 15.0 Å². The second kappa shape index (κ2) is 9.56. The van der Waals surface area contributed by atoms with Gasteiger partial charge in [0.25, 0.3) is 0 Å².